The highest BCUT2D eigenvalue weighted by Crippen LogP contribution is 2.35. The molecule has 0 atom stereocenters. The van der Waals surface area contributed by atoms with Crippen molar-refractivity contribution in [1.29, 1.82) is 0 Å². The lowest BCUT2D eigenvalue weighted by Crippen LogP contribution is -2.24. The van der Waals surface area contributed by atoms with Crippen LogP contribution in [0.25, 0.3) is 27.8 Å². The Labute approximate surface area is 181 Å². The Bertz CT molecular complexity index is 1120. The fraction of sp³-hybridized carbons (Fsp3) is 0.250. The van der Waals surface area contributed by atoms with Crippen LogP contribution in [0.5, 0.6) is 5.75 Å². The molecule has 4 aromatic rings. The molecule has 160 valence electrons. The van der Waals surface area contributed by atoms with Crippen molar-refractivity contribution >= 4 is 16.9 Å². The predicted octanol–water partition coefficient (Wildman–Crippen LogP) is 4.52. The smallest absolute Gasteiger partial charge is 0.173 e. The Morgan fingerprint density at radius 1 is 0.968 bits per heavy atom. The third-order valence-electron chi connectivity index (χ3n) is 5.06. The lowest BCUT2D eigenvalue weighted by atomic mass is 10.1. The lowest BCUT2D eigenvalue weighted by molar-refractivity contribution is -0.0914. The molecule has 0 aliphatic rings. The second-order valence-corrected chi connectivity index (χ2v) is 6.91. The van der Waals surface area contributed by atoms with Crippen LogP contribution in [0.15, 0.2) is 67.1 Å². The molecule has 7 nitrogen and oxygen atoms in total. The molecule has 0 unspecified atom stereocenters. The molecule has 4 rings (SSSR count). The summed E-state index contributed by atoms with van der Waals surface area (Å²) in [4.78, 5) is 9.12. The molecule has 0 aliphatic carbocycles. The standard InChI is InChI=1S/C24H26N4O3/c1-4-31-19-12-10-18(11-13-19)28-15-20(17-8-6-5-7-9-17)22-23(26-16-27-24(22)28)25-14-21(29-2)30-3/h5-13,15-16,21H,4,14H2,1-3H3,(H,25,26,27). The van der Waals surface area contributed by atoms with Gasteiger partial charge in [0, 0.05) is 31.7 Å². The molecule has 0 saturated heterocycles. The second-order valence-electron chi connectivity index (χ2n) is 6.91. The van der Waals surface area contributed by atoms with Gasteiger partial charge in [0.15, 0.2) is 11.9 Å². The van der Waals surface area contributed by atoms with E-state index in [1.165, 1.54) is 0 Å². The van der Waals surface area contributed by atoms with Gasteiger partial charge in [0.05, 0.1) is 18.5 Å². The monoisotopic (exact) mass is 418 g/mol. The van der Waals surface area contributed by atoms with Crippen molar-refractivity contribution in [2.24, 2.45) is 0 Å². The fourth-order valence-electron chi connectivity index (χ4n) is 3.54. The van der Waals surface area contributed by atoms with Gasteiger partial charge in [0.1, 0.15) is 17.9 Å². The number of hydrogen-bond donors (Lipinski definition) is 1. The maximum Gasteiger partial charge on any atom is 0.173 e. The van der Waals surface area contributed by atoms with Gasteiger partial charge in [-0.1, -0.05) is 30.3 Å². The Balaban J connectivity index is 1.83. The molecule has 2 heterocycles. The van der Waals surface area contributed by atoms with E-state index in [1.54, 1.807) is 20.5 Å². The van der Waals surface area contributed by atoms with Crippen LogP contribution in [0.4, 0.5) is 5.82 Å². The first kappa shape index (κ1) is 20.8. The minimum Gasteiger partial charge on any atom is -0.494 e. The van der Waals surface area contributed by atoms with Crippen LogP contribution in [0.2, 0.25) is 0 Å². The number of aromatic nitrogens is 3. The summed E-state index contributed by atoms with van der Waals surface area (Å²) in [5, 5.41) is 4.29. The first-order chi connectivity index (χ1) is 15.2. The van der Waals surface area contributed by atoms with E-state index in [0.29, 0.717) is 13.2 Å². The number of nitrogens with zero attached hydrogens (tertiary/aromatic N) is 3. The van der Waals surface area contributed by atoms with E-state index in [-0.39, 0.29) is 6.29 Å². The van der Waals surface area contributed by atoms with Gasteiger partial charge in [-0.25, -0.2) is 9.97 Å². The Morgan fingerprint density at radius 2 is 1.71 bits per heavy atom. The number of hydrogen-bond acceptors (Lipinski definition) is 6. The highest BCUT2D eigenvalue weighted by Gasteiger charge is 2.18. The molecule has 0 bridgehead atoms. The van der Waals surface area contributed by atoms with E-state index in [1.807, 2.05) is 49.4 Å². The number of anilines is 1. The van der Waals surface area contributed by atoms with Gasteiger partial charge >= 0.3 is 0 Å². The maximum atomic E-state index is 5.58. The quantitative estimate of drug-likeness (QED) is 0.403. The van der Waals surface area contributed by atoms with Crippen molar-refractivity contribution in [2.75, 3.05) is 32.7 Å². The molecule has 7 heteroatoms. The summed E-state index contributed by atoms with van der Waals surface area (Å²) in [6, 6.07) is 18.2. The largest absolute Gasteiger partial charge is 0.494 e. The predicted molar refractivity (Wildman–Crippen MR) is 122 cm³/mol. The molecule has 0 aliphatic heterocycles. The summed E-state index contributed by atoms with van der Waals surface area (Å²) in [6.45, 7) is 3.07. The van der Waals surface area contributed by atoms with Crippen LogP contribution in [0.1, 0.15) is 6.92 Å². The number of ether oxygens (including phenoxy) is 3. The van der Waals surface area contributed by atoms with Crippen LogP contribution in [0.3, 0.4) is 0 Å². The second kappa shape index (κ2) is 9.59. The van der Waals surface area contributed by atoms with Crippen molar-refractivity contribution < 1.29 is 14.2 Å². The van der Waals surface area contributed by atoms with Crippen LogP contribution in [-0.2, 0) is 9.47 Å². The van der Waals surface area contributed by atoms with Gasteiger partial charge in [-0.2, -0.15) is 0 Å². The summed E-state index contributed by atoms with van der Waals surface area (Å²) >= 11 is 0. The van der Waals surface area contributed by atoms with Crippen LogP contribution < -0.4 is 10.1 Å². The average molecular weight is 418 g/mol. The zero-order valence-electron chi connectivity index (χ0n) is 17.9. The van der Waals surface area contributed by atoms with Gasteiger partial charge in [-0.05, 0) is 36.8 Å². The lowest BCUT2D eigenvalue weighted by Gasteiger charge is -2.15. The number of rotatable bonds is 9. The van der Waals surface area contributed by atoms with Crippen molar-refractivity contribution in [3.05, 3.63) is 67.1 Å². The van der Waals surface area contributed by atoms with Gasteiger partial charge in [0.25, 0.3) is 0 Å². The molecule has 0 spiro atoms. The van der Waals surface area contributed by atoms with Crippen molar-refractivity contribution in [3.63, 3.8) is 0 Å². The van der Waals surface area contributed by atoms with Gasteiger partial charge in [-0.15, -0.1) is 0 Å². The Hall–Kier alpha value is -3.42. The summed E-state index contributed by atoms with van der Waals surface area (Å²) in [5.74, 6) is 1.57. The summed E-state index contributed by atoms with van der Waals surface area (Å²) in [5.41, 5.74) is 3.93. The zero-order valence-corrected chi connectivity index (χ0v) is 17.9. The highest BCUT2D eigenvalue weighted by molar-refractivity contribution is 6.02. The van der Waals surface area contributed by atoms with Crippen LogP contribution >= 0.6 is 0 Å². The number of fused-ring (bicyclic) bond motifs is 1. The van der Waals surface area contributed by atoms with E-state index in [2.05, 4.69) is 38.2 Å². The van der Waals surface area contributed by atoms with Gasteiger partial charge in [-0.3, -0.25) is 0 Å². The summed E-state index contributed by atoms with van der Waals surface area (Å²) < 4.78 is 18.3. The topological polar surface area (TPSA) is 70.4 Å². The van der Waals surface area contributed by atoms with Crippen molar-refractivity contribution in [3.8, 4) is 22.6 Å². The van der Waals surface area contributed by atoms with E-state index >= 15 is 0 Å². The third-order valence-corrected chi connectivity index (χ3v) is 5.06. The molecule has 31 heavy (non-hydrogen) atoms. The molecular formula is C24H26N4O3. The number of benzene rings is 2. The van der Waals surface area contributed by atoms with Crippen LogP contribution in [-0.4, -0.2) is 48.2 Å². The minimum atomic E-state index is -0.376. The first-order valence-electron chi connectivity index (χ1n) is 10.2. The minimum absolute atomic E-state index is 0.376. The average Bonchev–Trinajstić information content (AvgIpc) is 3.21. The zero-order chi connectivity index (χ0) is 21.6. The number of nitrogens with one attached hydrogen (secondary N) is 1. The number of methoxy groups -OCH3 is 2. The molecule has 0 saturated carbocycles. The SMILES string of the molecule is CCOc1ccc(-n2cc(-c3ccccc3)c3c(NCC(OC)OC)ncnc32)cc1. The molecule has 0 radical (unpaired) electrons. The third kappa shape index (κ3) is 4.38. The van der Waals surface area contributed by atoms with E-state index in [9.17, 15) is 0 Å². The molecule has 0 amide bonds. The molecule has 1 N–H and O–H groups in total. The fourth-order valence-corrected chi connectivity index (χ4v) is 3.54. The molecule has 2 aromatic heterocycles. The normalized spacial score (nSPS) is 11.2. The first-order valence-corrected chi connectivity index (χ1v) is 10.2. The molecule has 2 aromatic carbocycles. The molecular weight excluding hydrogens is 392 g/mol. The highest BCUT2D eigenvalue weighted by atomic mass is 16.7. The van der Waals surface area contributed by atoms with Gasteiger partial charge in [0.2, 0.25) is 0 Å². The summed E-state index contributed by atoms with van der Waals surface area (Å²) in [7, 11) is 3.23. The Morgan fingerprint density at radius 3 is 2.39 bits per heavy atom. The van der Waals surface area contributed by atoms with E-state index in [4.69, 9.17) is 14.2 Å². The van der Waals surface area contributed by atoms with Crippen LogP contribution in [0, 0.1) is 0 Å². The van der Waals surface area contributed by atoms with E-state index in [0.717, 1.165) is 39.4 Å². The Kier molecular flexibility index (Phi) is 6.45. The summed E-state index contributed by atoms with van der Waals surface area (Å²) in [6.07, 6.45) is 3.29. The maximum absolute atomic E-state index is 5.58. The van der Waals surface area contributed by atoms with E-state index < -0.39 is 0 Å². The van der Waals surface area contributed by atoms with Gasteiger partial charge < -0.3 is 24.1 Å². The van der Waals surface area contributed by atoms with Crippen molar-refractivity contribution in [2.45, 2.75) is 13.2 Å². The molecule has 0 fully saturated rings. The van der Waals surface area contributed by atoms with Crippen molar-refractivity contribution in [1.82, 2.24) is 14.5 Å².